The lowest BCUT2D eigenvalue weighted by molar-refractivity contribution is -0.183. The number of hydrogen-bond donors (Lipinski definition) is 1. The summed E-state index contributed by atoms with van der Waals surface area (Å²) in [6.45, 7) is 5.87. The minimum atomic E-state index is -4.02. The summed E-state index contributed by atoms with van der Waals surface area (Å²) in [7, 11) is 2.03. The van der Waals surface area contributed by atoms with Crippen LogP contribution in [0.4, 0.5) is 13.2 Å². The zero-order valence-corrected chi connectivity index (χ0v) is 11.6. The predicted octanol–water partition coefficient (Wildman–Crippen LogP) is 3.04. The maximum absolute atomic E-state index is 12.6. The van der Waals surface area contributed by atoms with Crippen LogP contribution in [0.5, 0.6) is 0 Å². The molecule has 1 saturated carbocycles. The number of likely N-dealkylation sites (N-methyl/N-ethyl adjacent to an activating group) is 1. The second-order valence-electron chi connectivity index (χ2n) is 5.63. The number of alkyl halides is 3. The molecule has 0 amide bonds. The molecule has 0 radical (unpaired) electrons. The largest absolute Gasteiger partial charge is 0.391 e. The molecule has 0 aromatic carbocycles. The van der Waals surface area contributed by atoms with E-state index in [0.717, 1.165) is 19.5 Å². The molecule has 0 bridgehead atoms. The summed E-state index contributed by atoms with van der Waals surface area (Å²) < 4.78 is 37.9. The molecule has 1 fully saturated rings. The first-order valence-corrected chi connectivity index (χ1v) is 6.81. The number of nitrogens with one attached hydrogen (secondary N) is 1. The van der Waals surface area contributed by atoms with E-state index in [-0.39, 0.29) is 12.5 Å². The van der Waals surface area contributed by atoms with Crippen LogP contribution in [0, 0.1) is 5.92 Å². The van der Waals surface area contributed by atoms with Crippen molar-refractivity contribution in [1.29, 1.82) is 0 Å². The summed E-state index contributed by atoms with van der Waals surface area (Å²) >= 11 is 0. The van der Waals surface area contributed by atoms with Gasteiger partial charge in [-0.1, -0.05) is 6.42 Å². The normalized spacial score (nSPS) is 26.0. The third-order valence-corrected chi connectivity index (χ3v) is 3.92. The van der Waals surface area contributed by atoms with E-state index in [0.29, 0.717) is 18.9 Å². The Bertz CT molecular complexity index is 241. The van der Waals surface area contributed by atoms with Crippen LogP contribution in [0.1, 0.15) is 39.5 Å². The van der Waals surface area contributed by atoms with Crippen molar-refractivity contribution < 1.29 is 13.2 Å². The fourth-order valence-electron chi connectivity index (χ4n) is 2.38. The minimum Gasteiger partial charge on any atom is -0.313 e. The van der Waals surface area contributed by atoms with Gasteiger partial charge >= 0.3 is 6.18 Å². The quantitative estimate of drug-likeness (QED) is 0.823. The van der Waals surface area contributed by atoms with Crippen LogP contribution in [0.3, 0.4) is 0 Å². The van der Waals surface area contributed by atoms with Gasteiger partial charge in [-0.25, -0.2) is 0 Å². The highest BCUT2D eigenvalue weighted by Crippen LogP contribution is 2.37. The molecule has 0 saturated heterocycles. The molecule has 0 aromatic heterocycles. The van der Waals surface area contributed by atoms with Crippen molar-refractivity contribution in [2.24, 2.45) is 5.92 Å². The smallest absolute Gasteiger partial charge is 0.313 e. The zero-order chi connectivity index (χ0) is 13.8. The molecule has 18 heavy (non-hydrogen) atoms. The molecule has 108 valence electrons. The van der Waals surface area contributed by atoms with Crippen molar-refractivity contribution in [3.63, 3.8) is 0 Å². The maximum Gasteiger partial charge on any atom is 0.391 e. The first kappa shape index (κ1) is 15.8. The SMILES string of the molecule is CC(C)N(C)CCNC1CCCC(C(F)(F)F)C1. The van der Waals surface area contributed by atoms with E-state index >= 15 is 0 Å². The summed E-state index contributed by atoms with van der Waals surface area (Å²) in [5.74, 6) is -1.11. The lowest BCUT2D eigenvalue weighted by Gasteiger charge is -2.32. The van der Waals surface area contributed by atoms with Crippen LogP contribution < -0.4 is 5.32 Å². The zero-order valence-electron chi connectivity index (χ0n) is 11.6. The highest BCUT2D eigenvalue weighted by atomic mass is 19.4. The number of rotatable bonds is 5. The van der Waals surface area contributed by atoms with Gasteiger partial charge in [-0.15, -0.1) is 0 Å². The van der Waals surface area contributed by atoms with Gasteiger partial charge in [0.05, 0.1) is 5.92 Å². The molecule has 1 aliphatic carbocycles. The molecule has 2 nitrogen and oxygen atoms in total. The highest BCUT2D eigenvalue weighted by Gasteiger charge is 2.41. The van der Waals surface area contributed by atoms with Gasteiger partial charge < -0.3 is 10.2 Å². The number of nitrogens with zero attached hydrogens (tertiary/aromatic N) is 1. The van der Waals surface area contributed by atoms with Crippen molar-refractivity contribution in [2.45, 2.75) is 57.8 Å². The molecule has 1 N–H and O–H groups in total. The Morgan fingerprint density at radius 1 is 1.28 bits per heavy atom. The second-order valence-corrected chi connectivity index (χ2v) is 5.63. The molecule has 0 spiro atoms. The number of hydrogen-bond acceptors (Lipinski definition) is 2. The Morgan fingerprint density at radius 3 is 2.50 bits per heavy atom. The molecular formula is C13H25F3N2. The van der Waals surface area contributed by atoms with Gasteiger partial charge in [-0.2, -0.15) is 13.2 Å². The van der Waals surface area contributed by atoms with Gasteiger partial charge in [0.25, 0.3) is 0 Å². The van der Waals surface area contributed by atoms with Gasteiger partial charge in [-0.3, -0.25) is 0 Å². The Morgan fingerprint density at radius 2 is 1.94 bits per heavy atom. The molecule has 0 aliphatic heterocycles. The first-order valence-electron chi connectivity index (χ1n) is 6.81. The van der Waals surface area contributed by atoms with Crippen molar-refractivity contribution in [1.82, 2.24) is 10.2 Å². The van der Waals surface area contributed by atoms with Gasteiger partial charge in [-0.05, 0) is 40.2 Å². The van der Waals surface area contributed by atoms with Crippen LogP contribution >= 0.6 is 0 Å². The van der Waals surface area contributed by atoms with E-state index < -0.39 is 12.1 Å². The third-order valence-electron chi connectivity index (χ3n) is 3.92. The van der Waals surface area contributed by atoms with E-state index in [4.69, 9.17) is 0 Å². The van der Waals surface area contributed by atoms with Crippen LogP contribution in [0.2, 0.25) is 0 Å². The van der Waals surface area contributed by atoms with Crippen LogP contribution in [-0.4, -0.2) is 43.3 Å². The molecule has 5 heteroatoms. The third kappa shape index (κ3) is 5.14. The van der Waals surface area contributed by atoms with Crippen LogP contribution in [0.25, 0.3) is 0 Å². The lowest BCUT2D eigenvalue weighted by atomic mass is 9.85. The summed E-state index contributed by atoms with van der Waals surface area (Å²) in [5.41, 5.74) is 0. The van der Waals surface area contributed by atoms with Gasteiger partial charge in [0.2, 0.25) is 0 Å². The fourth-order valence-corrected chi connectivity index (χ4v) is 2.38. The average Bonchev–Trinajstić information content (AvgIpc) is 2.28. The van der Waals surface area contributed by atoms with Crippen LogP contribution in [0.15, 0.2) is 0 Å². The molecule has 0 aromatic rings. The van der Waals surface area contributed by atoms with E-state index in [9.17, 15) is 13.2 Å². The molecule has 0 heterocycles. The summed E-state index contributed by atoms with van der Waals surface area (Å²) in [5, 5.41) is 3.27. The standard InChI is InChI=1S/C13H25F3N2/c1-10(2)18(3)8-7-17-12-6-4-5-11(9-12)13(14,15)16/h10-12,17H,4-9H2,1-3H3. The highest BCUT2D eigenvalue weighted by molar-refractivity contribution is 4.81. The van der Waals surface area contributed by atoms with Crippen molar-refractivity contribution in [3.05, 3.63) is 0 Å². The second kappa shape index (κ2) is 6.75. The summed E-state index contributed by atoms with van der Waals surface area (Å²) in [6, 6.07) is 0.506. The van der Waals surface area contributed by atoms with Gasteiger partial charge in [0.15, 0.2) is 0 Å². The fraction of sp³-hybridized carbons (Fsp3) is 1.00. The van der Waals surface area contributed by atoms with E-state index in [1.807, 2.05) is 7.05 Å². The Balaban J connectivity index is 2.26. The summed E-state index contributed by atoms with van der Waals surface area (Å²) in [4.78, 5) is 2.19. The van der Waals surface area contributed by atoms with E-state index in [1.54, 1.807) is 0 Å². The monoisotopic (exact) mass is 266 g/mol. The minimum absolute atomic E-state index is 0.0333. The molecule has 1 rings (SSSR count). The molecule has 1 aliphatic rings. The lowest BCUT2D eigenvalue weighted by Crippen LogP contribution is -2.42. The van der Waals surface area contributed by atoms with Crippen molar-refractivity contribution in [2.75, 3.05) is 20.1 Å². The summed E-state index contributed by atoms with van der Waals surface area (Å²) in [6.07, 6.45) is -1.92. The first-order chi connectivity index (χ1) is 8.30. The molecule has 2 unspecified atom stereocenters. The van der Waals surface area contributed by atoms with Crippen molar-refractivity contribution >= 4 is 0 Å². The van der Waals surface area contributed by atoms with Crippen molar-refractivity contribution in [3.8, 4) is 0 Å². The maximum atomic E-state index is 12.6. The van der Waals surface area contributed by atoms with E-state index in [2.05, 4.69) is 24.1 Å². The van der Waals surface area contributed by atoms with Gasteiger partial charge in [0, 0.05) is 25.2 Å². The van der Waals surface area contributed by atoms with Crippen LogP contribution in [-0.2, 0) is 0 Å². The number of halogens is 3. The van der Waals surface area contributed by atoms with Gasteiger partial charge in [0.1, 0.15) is 0 Å². The Labute approximate surface area is 108 Å². The topological polar surface area (TPSA) is 15.3 Å². The Hall–Kier alpha value is -0.290. The van der Waals surface area contributed by atoms with E-state index in [1.165, 1.54) is 0 Å². The predicted molar refractivity (Wildman–Crippen MR) is 67.6 cm³/mol. The molecular weight excluding hydrogens is 241 g/mol. The average molecular weight is 266 g/mol. The Kier molecular flexibility index (Phi) is 5.92. The molecule has 2 atom stereocenters.